The van der Waals surface area contributed by atoms with Crippen molar-refractivity contribution in [1.82, 2.24) is 4.90 Å². The highest BCUT2D eigenvalue weighted by molar-refractivity contribution is 7.80. The number of carbonyl (C=O) groups is 1. The van der Waals surface area contributed by atoms with Crippen LogP contribution in [0.3, 0.4) is 0 Å². The summed E-state index contributed by atoms with van der Waals surface area (Å²) in [5.41, 5.74) is 0.227. The maximum Gasteiger partial charge on any atom is 0.223 e. The number of nitrogens with zero attached hydrogens (tertiary/aromatic N) is 1. The van der Waals surface area contributed by atoms with Crippen LogP contribution in [-0.4, -0.2) is 40.9 Å². The smallest absolute Gasteiger partial charge is 0.223 e. The number of amides is 1. The summed E-state index contributed by atoms with van der Waals surface area (Å²) in [4.78, 5) is 14.3. The van der Waals surface area contributed by atoms with Crippen LogP contribution in [-0.2, 0) is 4.79 Å². The second kappa shape index (κ2) is 5.61. The summed E-state index contributed by atoms with van der Waals surface area (Å²) in [6, 6.07) is 0.380. The largest absolute Gasteiger partial charge is 0.396 e. The van der Waals surface area contributed by atoms with Gasteiger partial charge in [-0.25, -0.2) is 0 Å². The van der Waals surface area contributed by atoms with Gasteiger partial charge in [0.2, 0.25) is 5.91 Å². The number of aliphatic hydroxyl groups excluding tert-OH is 1. The van der Waals surface area contributed by atoms with Crippen LogP contribution in [0, 0.1) is 5.41 Å². The predicted molar refractivity (Wildman–Crippen MR) is 71.2 cm³/mol. The maximum atomic E-state index is 12.3. The van der Waals surface area contributed by atoms with Gasteiger partial charge in [0.05, 0.1) is 0 Å². The summed E-state index contributed by atoms with van der Waals surface area (Å²) in [5.74, 6) is 1.16. The minimum atomic E-state index is 0.227. The molecule has 2 rings (SSSR count). The van der Waals surface area contributed by atoms with Gasteiger partial charge in [0.15, 0.2) is 0 Å². The Kier molecular flexibility index (Phi) is 4.36. The average Bonchev–Trinajstić information content (AvgIpc) is 2.94. The molecule has 2 aliphatic rings. The van der Waals surface area contributed by atoms with Crippen molar-refractivity contribution < 1.29 is 9.90 Å². The van der Waals surface area contributed by atoms with Crippen molar-refractivity contribution in [2.24, 2.45) is 5.41 Å². The molecule has 0 aromatic rings. The van der Waals surface area contributed by atoms with E-state index in [-0.39, 0.29) is 12.0 Å². The predicted octanol–water partition coefficient (Wildman–Crippen LogP) is 1.85. The first-order valence-corrected chi connectivity index (χ1v) is 7.35. The van der Waals surface area contributed by atoms with E-state index in [9.17, 15) is 4.79 Å². The molecule has 2 fully saturated rings. The van der Waals surface area contributed by atoms with E-state index in [1.807, 2.05) is 0 Å². The van der Waals surface area contributed by atoms with Crippen molar-refractivity contribution in [3.05, 3.63) is 0 Å². The minimum absolute atomic E-state index is 0.227. The molecule has 4 heteroatoms. The fourth-order valence-corrected chi connectivity index (χ4v) is 3.21. The molecule has 1 heterocycles. The Labute approximate surface area is 109 Å². The lowest BCUT2D eigenvalue weighted by Gasteiger charge is -2.26. The van der Waals surface area contributed by atoms with E-state index in [4.69, 9.17) is 5.11 Å². The molecule has 1 N–H and O–H groups in total. The Morgan fingerprint density at radius 1 is 1.47 bits per heavy atom. The van der Waals surface area contributed by atoms with Crippen LogP contribution in [0.2, 0.25) is 0 Å². The maximum absolute atomic E-state index is 12.3. The van der Waals surface area contributed by atoms with Crippen molar-refractivity contribution in [3.8, 4) is 0 Å². The third-order valence-corrected chi connectivity index (χ3v) is 4.88. The van der Waals surface area contributed by atoms with Gasteiger partial charge < -0.3 is 10.0 Å². The normalized spacial score (nSPS) is 26.2. The zero-order chi connectivity index (χ0) is 12.3. The second-order valence-electron chi connectivity index (χ2n) is 5.58. The van der Waals surface area contributed by atoms with Crippen molar-refractivity contribution in [2.75, 3.05) is 18.9 Å². The molecule has 3 nitrogen and oxygen atoms in total. The highest BCUT2D eigenvalue weighted by atomic mass is 32.1. The summed E-state index contributed by atoms with van der Waals surface area (Å²) < 4.78 is 0. The number of likely N-dealkylation sites (tertiary alicyclic amines) is 1. The first kappa shape index (κ1) is 13.2. The van der Waals surface area contributed by atoms with Crippen molar-refractivity contribution in [1.29, 1.82) is 0 Å². The van der Waals surface area contributed by atoms with Gasteiger partial charge in [-0.1, -0.05) is 0 Å². The summed E-state index contributed by atoms with van der Waals surface area (Å²) in [5, 5.41) is 8.87. The van der Waals surface area contributed by atoms with Crippen LogP contribution in [0.15, 0.2) is 0 Å². The van der Waals surface area contributed by atoms with Crippen LogP contribution in [0.1, 0.15) is 44.9 Å². The number of hydrogen-bond donors (Lipinski definition) is 2. The SMILES string of the molecule is O=C(CC1(CS)CC1)N1CCCC1CCCO. The highest BCUT2D eigenvalue weighted by Crippen LogP contribution is 2.50. The van der Waals surface area contributed by atoms with Crippen LogP contribution in [0.25, 0.3) is 0 Å². The van der Waals surface area contributed by atoms with Crippen molar-refractivity contribution >= 4 is 18.5 Å². The van der Waals surface area contributed by atoms with Gasteiger partial charge in [-0.2, -0.15) is 12.6 Å². The number of hydrogen-bond acceptors (Lipinski definition) is 3. The lowest BCUT2D eigenvalue weighted by Crippen LogP contribution is -2.37. The van der Waals surface area contributed by atoms with Gasteiger partial charge in [-0.05, 0) is 49.7 Å². The molecule has 1 saturated carbocycles. The molecule has 1 amide bonds. The zero-order valence-corrected chi connectivity index (χ0v) is 11.3. The molecule has 1 aliphatic heterocycles. The van der Waals surface area contributed by atoms with Crippen molar-refractivity contribution in [2.45, 2.75) is 51.0 Å². The van der Waals surface area contributed by atoms with E-state index in [0.717, 1.165) is 50.8 Å². The van der Waals surface area contributed by atoms with Gasteiger partial charge in [0, 0.05) is 25.6 Å². The fourth-order valence-electron chi connectivity index (χ4n) is 2.78. The van der Waals surface area contributed by atoms with Crippen molar-refractivity contribution in [3.63, 3.8) is 0 Å². The molecule has 17 heavy (non-hydrogen) atoms. The molecule has 0 spiro atoms. The summed E-state index contributed by atoms with van der Waals surface area (Å²) in [6.45, 7) is 1.15. The van der Waals surface area contributed by atoms with Crippen LogP contribution in [0.4, 0.5) is 0 Å². The first-order valence-electron chi connectivity index (χ1n) is 6.72. The number of thiol groups is 1. The second-order valence-corrected chi connectivity index (χ2v) is 5.90. The molecule has 0 aromatic heterocycles. The van der Waals surface area contributed by atoms with E-state index >= 15 is 0 Å². The molecular formula is C13H23NO2S. The molecule has 1 unspecified atom stereocenters. The lowest BCUT2D eigenvalue weighted by molar-refractivity contribution is -0.133. The topological polar surface area (TPSA) is 40.5 Å². The number of rotatable bonds is 6. The molecule has 98 valence electrons. The van der Waals surface area contributed by atoms with E-state index in [2.05, 4.69) is 17.5 Å². The molecule has 1 atom stereocenters. The van der Waals surface area contributed by atoms with Gasteiger partial charge >= 0.3 is 0 Å². The first-order chi connectivity index (χ1) is 8.21. The van der Waals surface area contributed by atoms with Gasteiger partial charge in [0.25, 0.3) is 0 Å². The number of carbonyl (C=O) groups excluding carboxylic acids is 1. The molecule has 1 saturated heterocycles. The number of aliphatic hydroxyl groups is 1. The molecule has 0 bridgehead atoms. The van der Waals surface area contributed by atoms with E-state index in [1.54, 1.807) is 0 Å². The summed E-state index contributed by atoms with van der Waals surface area (Å²) in [7, 11) is 0. The Balaban J connectivity index is 1.85. The summed E-state index contributed by atoms with van der Waals surface area (Å²) >= 11 is 4.36. The Bertz CT molecular complexity index is 279. The van der Waals surface area contributed by atoms with Gasteiger partial charge in [-0.3, -0.25) is 4.79 Å². The molecule has 0 radical (unpaired) electrons. The monoisotopic (exact) mass is 257 g/mol. The zero-order valence-electron chi connectivity index (χ0n) is 10.4. The third-order valence-electron chi connectivity index (χ3n) is 4.21. The average molecular weight is 257 g/mol. The van der Waals surface area contributed by atoms with Crippen LogP contribution < -0.4 is 0 Å². The van der Waals surface area contributed by atoms with Gasteiger partial charge in [-0.15, -0.1) is 0 Å². The summed E-state index contributed by atoms with van der Waals surface area (Å²) in [6.07, 6.45) is 7.01. The van der Waals surface area contributed by atoms with Crippen LogP contribution in [0.5, 0.6) is 0 Å². The van der Waals surface area contributed by atoms with E-state index in [0.29, 0.717) is 18.4 Å². The molecular weight excluding hydrogens is 234 g/mol. The highest BCUT2D eigenvalue weighted by Gasteiger charge is 2.44. The molecule has 0 aromatic carbocycles. The van der Waals surface area contributed by atoms with Crippen LogP contribution >= 0.6 is 12.6 Å². The van der Waals surface area contributed by atoms with E-state index < -0.39 is 0 Å². The lowest BCUT2D eigenvalue weighted by atomic mass is 10.0. The minimum Gasteiger partial charge on any atom is -0.396 e. The standard InChI is InChI=1S/C13H23NO2S/c15-8-2-4-11-3-1-7-14(11)12(16)9-13(10-17)5-6-13/h11,15,17H,1-10H2. The third kappa shape index (κ3) is 3.16. The molecule has 1 aliphatic carbocycles. The Morgan fingerprint density at radius 3 is 2.82 bits per heavy atom. The Hall–Kier alpha value is -0.220. The Morgan fingerprint density at radius 2 is 2.24 bits per heavy atom. The fraction of sp³-hybridized carbons (Fsp3) is 0.923. The quantitative estimate of drug-likeness (QED) is 0.713. The van der Waals surface area contributed by atoms with Gasteiger partial charge in [0.1, 0.15) is 0 Å². The van der Waals surface area contributed by atoms with E-state index in [1.165, 1.54) is 0 Å².